The van der Waals surface area contributed by atoms with Crippen LogP contribution in [0.5, 0.6) is 0 Å². The molecule has 0 bridgehead atoms. The summed E-state index contributed by atoms with van der Waals surface area (Å²) in [5.41, 5.74) is 2.66. The fraction of sp³-hybridized carbons (Fsp3) is 0.529. The summed E-state index contributed by atoms with van der Waals surface area (Å²) in [6.07, 6.45) is 1.22. The molecule has 118 valence electrons. The number of carbonyl (C=O) groups excluding carboxylic acids is 2. The molecule has 2 aliphatic rings. The van der Waals surface area contributed by atoms with Crippen LogP contribution in [0, 0.1) is 5.92 Å². The minimum absolute atomic E-state index is 0.0550. The fourth-order valence-electron chi connectivity index (χ4n) is 2.96. The van der Waals surface area contributed by atoms with Gasteiger partial charge in [0.15, 0.2) is 0 Å². The molecule has 0 spiro atoms. The van der Waals surface area contributed by atoms with Crippen LogP contribution < -0.4 is 5.32 Å². The van der Waals surface area contributed by atoms with Crippen LogP contribution in [0.15, 0.2) is 18.2 Å². The number of hydrogen-bond donors (Lipinski definition) is 1. The summed E-state index contributed by atoms with van der Waals surface area (Å²) < 4.78 is 0. The third kappa shape index (κ3) is 3.14. The van der Waals surface area contributed by atoms with Crippen LogP contribution in [0.1, 0.15) is 36.2 Å². The zero-order valence-electron chi connectivity index (χ0n) is 13.1. The van der Waals surface area contributed by atoms with Crippen molar-refractivity contribution in [1.29, 1.82) is 0 Å². The lowest BCUT2D eigenvalue weighted by molar-refractivity contribution is -0.116. The Bertz CT molecular complexity index is 600. The highest BCUT2D eigenvalue weighted by atomic mass is 32.2. The van der Waals surface area contributed by atoms with Crippen LogP contribution in [0.3, 0.4) is 0 Å². The first kappa shape index (κ1) is 15.4. The van der Waals surface area contributed by atoms with Crippen LogP contribution in [0.4, 0.5) is 5.69 Å². The molecule has 5 heteroatoms. The van der Waals surface area contributed by atoms with Gasteiger partial charge in [0.05, 0.1) is 0 Å². The Balaban J connectivity index is 1.76. The highest BCUT2D eigenvalue weighted by Crippen LogP contribution is 2.28. The van der Waals surface area contributed by atoms with Gasteiger partial charge in [-0.15, -0.1) is 0 Å². The molecule has 1 atom stereocenters. The Morgan fingerprint density at radius 3 is 2.95 bits per heavy atom. The van der Waals surface area contributed by atoms with Gasteiger partial charge in [-0.3, -0.25) is 9.59 Å². The lowest BCUT2D eigenvalue weighted by atomic mass is 9.99. The largest absolute Gasteiger partial charge is 0.337 e. The van der Waals surface area contributed by atoms with E-state index >= 15 is 0 Å². The average Bonchev–Trinajstić information content (AvgIpc) is 2.53. The van der Waals surface area contributed by atoms with Crippen molar-refractivity contribution in [3.63, 3.8) is 0 Å². The predicted molar refractivity (Wildman–Crippen MR) is 90.4 cm³/mol. The van der Waals surface area contributed by atoms with Gasteiger partial charge < -0.3 is 10.2 Å². The second-order valence-electron chi connectivity index (χ2n) is 6.32. The molecule has 22 heavy (non-hydrogen) atoms. The Labute approximate surface area is 135 Å². The number of fused-ring (bicyclic) bond motifs is 1. The van der Waals surface area contributed by atoms with Crippen LogP contribution in [-0.4, -0.2) is 40.8 Å². The van der Waals surface area contributed by atoms with Crippen molar-refractivity contribution in [2.75, 3.05) is 24.2 Å². The van der Waals surface area contributed by atoms with Gasteiger partial charge in [-0.1, -0.05) is 13.8 Å². The zero-order valence-corrected chi connectivity index (χ0v) is 13.9. The number of aryl methyl sites for hydroxylation is 1. The molecule has 1 N–H and O–H groups in total. The standard InChI is InChI=1S/C17H22N2O2S/c1-11(2)15-10-19(7-8-22-15)17(21)13-3-5-14-12(9-13)4-6-16(20)18-14/h3,5,9,11,15H,4,6-8,10H2,1-2H3,(H,18,20)/t15-/m0/s1. The van der Waals surface area contributed by atoms with Crippen molar-refractivity contribution in [2.24, 2.45) is 5.92 Å². The van der Waals surface area contributed by atoms with E-state index in [0.717, 1.165) is 35.7 Å². The van der Waals surface area contributed by atoms with E-state index in [1.165, 1.54) is 0 Å². The molecule has 1 aromatic carbocycles. The average molecular weight is 318 g/mol. The van der Waals surface area contributed by atoms with E-state index in [-0.39, 0.29) is 11.8 Å². The number of carbonyl (C=O) groups is 2. The normalized spacial score (nSPS) is 21.5. The summed E-state index contributed by atoms with van der Waals surface area (Å²) in [7, 11) is 0. The van der Waals surface area contributed by atoms with Crippen molar-refractivity contribution in [3.05, 3.63) is 29.3 Å². The summed E-state index contributed by atoms with van der Waals surface area (Å²) >= 11 is 1.97. The van der Waals surface area contributed by atoms with Gasteiger partial charge in [0.1, 0.15) is 0 Å². The number of benzene rings is 1. The number of hydrogen-bond acceptors (Lipinski definition) is 3. The highest BCUT2D eigenvalue weighted by Gasteiger charge is 2.27. The van der Waals surface area contributed by atoms with Gasteiger partial charge in [0.25, 0.3) is 5.91 Å². The molecular formula is C17H22N2O2S. The second kappa shape index (κ2) is 6.32. The fourth-order valence-corrected chi connectivity index (χ4v) is 4.26. The molecule has 1 aromatic rings. The second-order valence-corrected chi connectivity index (χ2v) is 7.67. The molecule has 2 amide bonds. The number of thioether (sulfide) groups is 1. The first-order valence-electron chi connectivity index (χ1n) is 7.88. The van der Waals surface area contributed by atoms with Crippen LogP contribution >= 0.6 is 11.8 Å². The molecule has 0 aliphatic carbocycles. The van der Waals surface area contributed by atoms with Crippen LogP contribution in [0.25, 0.3) is 0 Å². The van der Waals surface area contributed by atoms with Crippen molar-refractivity contribution in [1.82, 2.24) is 4.90 Å². The van der Waals surface area contributed by atoms with Crippen molar-refractivity contribution in [3.8, 4) is 0 Å². The van der Waals surface area contributed by atoms with Crippen molar-refractivity contribution < 1.29 is 9.59 Å². The Morgan fingerprint density at radius 2 is 2.18 bits per heavy atom. The molecule has 1 saturated heterocycles. The number of nitrogens with zero attached hydrogens (tertiary/aromatic N) is 1. The van der Waals surface area contributed by atoms with E-state index in [2.05, 4.69) is 19.2 Å². The monoisotopic (exact) mass is 318 g/mol. The Hall–Kier alpha value is -1.49. The van der Waals surface area contributed by atoms with Gasteiger partial charge >= 0.3 is 0 Å². The minimum Gasteiger partial charge on any atom is -0.337 e. The van der Waals surface area contributed by atoms with Gasteiger partial charge in [-0.2, -0.15) is 11.8 Å². The molecule has 3 rings (SSSR count). The summed E-state index contributed by atoms with van der Waals surface area (Å²) in [4.78, 5) is 26.1. The molecule has 0 radical (unpaired) electrons. The predicted octanol–water partition coefficient (Wildman–Crippen LogP) is 2.78. The van der Waals surface area contributed by atoms with Gasteiger partial charge in [0, 0.05) is 41.8 Å². The topological polar surface area (TPSA) is 49.4 Å². The van der Waals surface area contributed by atoms with Gasteiger partial charge in [-0.25, -0.2) is 0 Å². The maximum Gasteiger partial charge on any atom is 0.253 e. The minimum atomic E-state index is 0.0550. The first-order valence-corrected chi connectivity index (χ1v) is 8.93. The van der Waals surface area contributed by atoms with Crippen molar-refractivity contribution in [2.45, 2.75) is 31.9 Å². The molecule has 2 aliphatic heterocycles. The van der Waals surface area contributed by atoms with Gasteiger partial charge in [0.2, 0.25) is 5.91 Å². The molecule has 2 heterocycles. The van der Waals surface area contributed by atoms with E-state index in [9.17, 15) is 9.59 Å². The number of amides is 2. The van der Waals surface area contributed by atoms with Crippen LogP contribution in [-0.2, 0) is 11.2 Å². The zero-order chi connectivity index (χ0) is 15.7. The lowest BCUT2D eigenvalue weighted by Crippen LogP contribution is -2.43. The smallest absolute Gasteiger partial charge is 0.253 e. The summed E-state index contributed by atoms with van der Waals surface area (Å²) in [5.74, 6) is 1.76. The Morgan fingerprint density at radius 1 is 1.36 bits per heavy atom. The highest BCUT2D eigenvalue weighted by molar-refractivity contribution is 8.00. The van der Waals surface area contributed by atoms with Crippen LogP contribution in [0.2, 0.25) is 0 Å². The quantitative estimate of drug-likeness (QED) is 0.912. The Kier molecular flexibility index (Phi) is 4.43. The summed E-state index contributed by atoms with van der Waals surface area (Å²) in [6.45, 7) is 6.08. The molecule has 0 unspecified atom stereocenters. The van der Waals surface area contributed by atoms with E-state index in [0.29, 0.717) is 24.0 Å². The summed E-state index contributed by atoms with van der Waals surface area (Å²) in [6, 6.07) is 5.64. The SMILES string of the molecule is CC(C)[C@@H]1CN(C(=O)c2ccc3c(c2)CCC(=O)N3)CCS1. The molecule has 4 nitrogen and oxygen atoms in total. The maximum atomic E-state index is 12.7. The molecule has 0 saturated carbocycles. The van der Waals surface area contributed by atoms with Gasteiger partial charge in [-0.05, 0) is 36.1 Å². The lowest BCUT2D eigenvalue weighted by Gasteiger charge is -2.34. The van der Waals surface area contributed by atoms with E-state index in [4.69, 9.17) is 0 Å². The molecular weight excluding hydrogens is 296 g/mol. The summed E-state index contributed by atoms with van der Waals surface area (Å²) in [5, 5.41) is 3.38. The maximum absolute atomic E-state index is 12.7. The number of rotatable bonds is 2. The molecule has 0 aromatic heterocycles. The van der Waals surface area contributed by atoms with E-state index in [1.807, 2.05) is 34.9 Å². The van der Waals surface area contributed by atoms with Crippen molar-refractivity contribution >= 4 is 29.3 Å². The third-order valence-corrected chi connectivity index (χ3v) is 5.91. The van der Waals surface area contributed by atoms with E-state index < -0.39 is 0 Å². The van der Waals surface area contributed by atoms with E-state index in [1.54, 1.807) is 0 Å². The number of nitrogens with one attached hydrogen (secondary N) is 1. The first-order chi connectivity index (χ1) is 10.5. The number of anilines is 1. The third-order valence-electron chi connectivity index (χ3n) is 4.37. The molecule has 1 fully saturated rings.